The quantitative estimate of drug-likeness (QED) is 0.817. The van der Waals surface area contributed by atoms with Gasteiger partial charge in [-0.25, -0.2) is 0 Å². The summed E-state index contributed by atoms with van der Waals surface area (Å²) in [5, 5.41) is 0. The molecule has 3 aliphatic rings. The second-order valence-corrected chi connectivity index (χ2v) is 7.38. The minimum absolute atomic E-state index is 0.263. The van der Waals surface area contributed by atoms with Crippen molar-refractivity contribution in [3.8, 4) is 0 Å². The monoisotopic (exact) mass is 280 g/mol. The minimum Gasteiger partial charge on any atom is -0.329 e. The van der Waals surface area contributed by atoms with Gasteiger partial charge < -0.3 is 10.6 Å². The Balaban J connectivity index is 1.77. The lowest BCUT2D eigenvalue weighted by Gasteiger charge is -2.52. The topological polar surface area (TPSA) is 35.7 Å². The number of nitrogens with two attached hydrogens (primary N) is 1. The van der Waals surface area contributed by atoms with E-state index in [2.05, 4.69) is 28.7 Å². The van der Waals surface area contributed by atoms with Crippen molar-refractivity contribution in [1.82, 2.24) is 14.7 Å². The molecule has 2 N–H and O–H groups in total. The molecule has 4 nitrogen and oxygen atoms in total. The average molecular weight is 280 g/mol. The van der Waals surface area contributed by atoms with Gasteiger partial charge in [-0.15, -0.1) is 0 Å². The van der Waals surface area contributed by atoms with E-state index >= 15 is 0 Å². The van der Waals surface area contributed by atoms with Crippen LogP contribution in [0.5, 0.6) is 0 Å². The summed E-state index contributed by atoms with van der Waals surface area (Å²) in [6, 6.07) is 1.46. The number of hydrogen-bond acceptors (Lipinski definition) is 4. The van der Waals surface area contributed by atoms with Crippen LogP contribution >= 0.6 is 0 Å². The number of hydrogen-bond donors (Lipinski definition) is 1. The highest BCUT2D eigenvalue weighted by atomic mass is 15.3. The van der Waals surface area contributed by atoms with Crippen LogP contribution in [0.3, 0.4) is 0 Å². The zero-order valence-corrected chi connectivity index (χ0v) is 13.4. The molecule has 0 aromatic carbocycles. The molecule has 0 spiro atoms. The fourth-order valence-corrected chi connectivity index (χ4v) is 4.77. The summed E-state index contributed by atoms with van der Waals surface area (Å²) >= 11 is 0. The van der Waals surface area contributed by atoms with Crippen LogP contribution in [0.15, 0.2) is 0 Å². The second-order valence-electron chi connectivity index (χ2n) is 7.38. The molecule has 0 aromatic heterocycles. The lowest BCUT2D eigenvalue weighted by Crippen LogP contribution is -2.65. The highest BCUT2D eigenvalue weighted by Crippen LogP contribution is 2.35. The predicted molar refractivity (Wildman–Crippen MR) is 83.9 cm³/mol. The Hall–Kier alpha value is -0.160. The van der Waals surface area contributed by atoms with Gasteiger partial charge >= 0.3 is 0 Å². The molecule has 0 aliphatic carbocycles. The molecule has 3 fully saturated rings. The largest absolute Gasteiger partial charge is 0.329 e. The summed E-state index contributed by atoms with van der Waals surface area (Å²) in [5.74, 6) is 0. The highest BCUT2D eigenvalue weighted by molar-refractivity contribution is 5.02. The van der Waals surface area contributed by atoms with E-state index in [0.717, 1.165) is 12.6 Å². The van der Waals surface area contributed by atoms with Crippen LogP contribution in [0.4, 0.5) is 0 Å². The normalized spacial score (nSPS) is 41.5. The van der Waals surface area contributed by atoms with Crippen LogP contribution < -0.4 is 5.73 Å². The lowest BCUT2D eigenvalue weighted by atomic mass is 9.85. The molecule has 3 saturated heterocycles. The summed E-state index contributed by atoms with van der Waals surface area (Å²) in [7, 11) is 2.25. The Morgan fingerprint density at radius 1 is 1.10 bits per heavy atom. The number of nitrogens with zero attached hydrogens (tertiary/aromatic N) is 3. The van der Waals surface area contributed by atoms with Crippen molar-refractivity contribution in [3.63, 3.8) is 0 Å². The first-order chi connectivity index (χ1) is 9.64. The van der Waals surface area contributed by atoms with Crippen LogP contribution in [0, 0.1) is 0 Å². The third kappa shape index (κ3) is 2.63. The van der Waals surface area contributed by atoms with Gasteiger partial charge in [0.2, 0.25) is 0 Å². The number of fused-ring (bicyclic) bond motifs is 1. The summed E-state index contributed by atoms with van der Waals surface area (Å²) in [6.45, 7) is 9.51. The van der Waals surface area contributed by atoms with Crippen molar-refractivity contribution in [3.05, 3.63) is 0 Å². The van der Waals surface area contributed by atoms with Crippen LogP contribution in [-0.2, 0) is 0 Å². The molecular formula is C16H32N4. The van der Waals surface area contributed by atoms with Crippen LogP contribution in [0.2, 0.25) is 0 Å². The van der Waals surface area contributed by atoms with Gasteiger partial charge in [0.05, 0.1) is 0 Å². The van der Waals surface area contributed by atoms with Crippen LogP contribution in [0.25, 0.3) is 0 Å². The van der Waals surface area contributed by atoms with E-state index in [1.54, 1.807) is 0 Å². The van der Waals surface area contributed by atoms with Crippen molar-refractivity contribution < 1.29 is 0 Å². The molecule has 3 aliphatic heterocycles. The van der Waals surface area contributed by atoms with Crippen molar-refractivity contribution in [2.45, 2.75) is 56.7 Å². The standard InChI is InChI=1S/C16H32N4/c1-14-11-19-9-3-5-15(19)12-20(14)16(13-17)6-4-8-18(2)10-7-16/h14-15H,3-13,17H2,1-2H3. The molecule has 0 amide bonds. The first-order valence-electron chi connectivity index (χ1n) is 8.54. The van der Waals surface area contributed by atoms with Crippen molar-refractivity contribution in [1.29, 1.82) is 0 Å². The number of piperazine rings is 1. The van der Waals surface area contributed by atoms with E-state index < -0.39 is 0 Å². The van der Waals surface area contributed by atoms with Gasteiger partial charge in [0, 0.05) is 37.3 Å². The van der Waals surface area contributed by atoms with Gasteiger partial charge in [0.25, 0.3) is 0 Å². The molecule has 3 unspecified atom stereocenters. The molecule has 0 radical (unpaired) electrons. The Kier molecular flexibility index (Phi) is 4.37. The maximum absolute atomic E-state index is 6.31. The third-order valence-electron chi connectivity index (χ3n) is 6.07. The summed E-state index contributed by atoms with van der Waals surface area (Å²) < 4.78 is 0. The smallest absolute Gasteiger partial charge is 0.0348 e. The van der Waals surface area contributed by atoms with Crippen molar-refractivity contribution >= 4 is 0 Å². The number of likely N-dealkylation sites (tertiary alicyclic amines) is 1. The van der Waals surface area contributed by atoms with Crippen molar-refractivity contribution in [2.75, 3.05) is 46.3 Å². The van der Waals surface area contributed by atoms with E-state index in [0.29, 0.717) is 6.04 Å². The molecule has 3 atom stereocenters. The zero-order chi connectivity index (χ0) is 14.2. The van der Waals surface area contributed by atoms with Gasteiger partial charge in [0.15, 0.2) is 0 Å². The first kappa shape index (κ1) is 14.8. The summed E-state index contributed by atoms with van der Waals surface area (Å²) in [6.07, 6.45) is 6.61. The van der Waals surface area contributed by atoms with Gasteiger partial charge in [0.1, 0.15) is 0 Å². The molecule has 3 rings (SSSR count). The second kappa shape index (κ2) is 5.91. The Labute approximate surface area is 124 Å². The zero-order valence-electron chi connectivity index (χ0n) is 13.4. The predicted octanol–water partition coefficient (Wildman–Crippen LogP) is 0.968. The van der Waals surface area contributed by atoms with Crippen LogP contribution in [-0.4, -0.2) is 78.6 Å². The first-order valence-corrected chi connectivity index (χ1v) is 8.54. The molecule has 3 heterocycles. The maximum atomic E-state index is 6.31. The van der Waals surface area contributed by atoms with Gasteiger partial charge in [-0.3, -0.25) is 9.80 Å². The fraction of sp³-hybridized carbons (Fsp3) is 1.00. The molecule has 4 heteroatoms. The highest BCUT2D eigenvalue weighted by Gasteiger charge is 2.44. The average Bonchev–Trinajstić information content (AvgIpc) is 2.80. The Bertz CT molecular complexity index is 334. The number of rotatable bonds is 2. The fourth-order valence-electron chi connectivity index (χ4n) is 4.77. The van der Waals surface area contributed by atoms with Gasteiger partial charge in [-0.1, -0.05) is 0 Å². The molecule has 0 aromatic rings. The summed E-state index contributed by atoms with van der Waals surface area (Å²) in [4.78, 5) is 8.00. The summed E-state index contributed by atoms with van der Waals surface area (Å²) in [5.41, 5.74) is 6.57. The van der Waals surface area contributed by atoms with E-state index in [9.17, 15) is 0 Å². The Morgan fingerprint density at radius 2 is 1.95 bits per heavy atom. The molecular weight excluding hydrogens is 248 g/mol. The molecule has 116 valence electrons. The van der Waals surface area contributed by atoms with E-state index in [1.807, 2.05) is 0 Å². The molecule has 0 bridgehead atoms. The minimum atomic E-state index is 0.263. The SMILES string of the molecule is CC1CN2CCCC2CN1C1(CN)CCCN(C)CC1. The molecule has 20 heavy (non-hydrogen) atoms. The van der Waals surface area contributed by atoms with E-state index in [4.69, 9.17) is 5.73 Å². The lowest BCUT2D eigenvalue weighted by molar-refractivity contribution is -0.0273. The Morgan fingerprint density at radius 3 is 2.75 bits per heavy atom. The van der Waals surface area contributed by atoms with Crippen molar-refractivity contribution in [2.24, 2.45) is 5.73 Å². The van der Waals surface area contributed by atoms with E-state index in [1.165, 1.54) is 64.8 Å². The third-order valence-corrected chi connectivity index (χ3v) is 6.07. The molecule has 0 saturated carbocycles. The van der Waals surface area contributed by atoms with Gasteiger partial charge in [-0.2, -0.15) is 0 Å². The van der Waals surface area contributed by atoms with Gasteiger partial charge in [-0.05, 0) is 65.7 Å². The van der Waals surface area contributed by atoms with E-state index in [-0.39, 0.29) is 5.54 Å². The maximum Gasteiger partial charge on any atom is 0.0348 e. The van der Waals surface area contributed by atoms with Crippen LogP contribution in [0.1, 0.15) is 39.0 Å².